The number of aryl methyl sites for hydroxylation is 1. The first-order valence-corrected chi connectivity index (χ1v) is 12.8. The second kappa shape index (κ2) is 16.2. The number of nitrogens with two attached hydrogens (primary N) is 3. The molecule has 0 bridgehead atoms. The summed E-state index contributed by atoms with van der Waals surface area (Å²) in [5.74, 6) is -2.58. The van der Waals surface area contributed by atoms with Gasteiger partial charge < -0.3 is 26.8 Å². The molecule has 0 aliphatic rings. The third-order valence-electron chi connectivity index (χ3n) is 4.53. The largest absolute Gasteiger partial charge is 0.450 e. The number of carbonyl (C=O) groups excluding carboxylic acids is 2. The van der Waals surface area contributed by atoms with E-state index < -0.39 is 11.9 Å². The van der Waals surface area contributed by atoms with Crippen LogP contribution in [0.4, 0.5) is 9.52 Å². The highest BCUT2D eigenvalue weighted by molar-refractivity contribution is 7.15. The first-order chi connectivity index (χ1) is 17.8. The fourth-order valence-electron chi connectivity index (χ4n) is 3.09. The third-order valence-corrected chi connectivity index (χ3v) is 5.42. The van der Waals surface area contributed by atoms with Crippen molar-refractivity contribution in [3.05, 3.63) is 77.0 Å². The van der Waals surface area contributed by atoms with Gasteiger partial charge in [0.15, 0.2) is 0 Å². The second-order valence-electron chi connectivity index (χ2n) is 8.68. The lowest BCUT2D eigenvalue weighted by Crippen LogP contribution is -2.33. The van der Waals surface area contributed by atoms with Gasteiger partial charge in [-0.25, -0.2) is 0 Å². The van der Waals surface area contributed by atoms with Crippen LogP contribution in [0.5, 0.6) is 0 Å². The van der Waals surface area contributed by atoms with Crippen LogP contribution in [0, 0.1) is 0 Å². The Morgan fingerprint density at radius 2 is 1.82 bits per heavy atom. The number of nitrogens with one attached hydrogen (secondary N) is 2. The zero-order valence-corrected chi connectivity index (χ0v) is 23.0. The van der Waals surface area contributed by atoms with Gasteiger partial charge in [0.05, 0.1) is 18.6 Å². The first kappa shape index (κ1) is 32.3. The van der Waals surface area contributed by atoms with Crippen LogP contribution in [0.15, 0.2) is 72.0 Å². The maximum absolute atomic E-state index is 13.3. The van der Waals surface area contributed by atoms with Gasteiger partial charge >= 0.3 is 5.98 Å². The summed E-state index contributed by atoms with van der Waals surface area (Å²) in [4.78, 5) is 24.1. The van der Waals surface area contributed by atoms with E-state index in [0.717, 1.165) is 30.3 Å². The van der Waals surface area contributed by atoms with Crippen molar-refractivity contribution >= 4 is 28.3 Å². The molecular formula is C26H38FN7O3S. The van der Waals surface area contributed by atoms with E-state index in [1.807, 2.05) is 13.0 Å². The van der Waals surface area contributed by atoms with Gasteiger partial charge in [0.1, 0.15) is 10.8 Å². The highest BCUT2D eigenvalue weighted by atomic mass is 32.1. The highest BCUT2D eigenvalue weighted by Gasteiger charge is 2.17. The van der Waals surface area contributed by atoms with Gasteiger partial charge in [-0.1, -0.05) is 36.6 Å². The molecule has 2 amide bonds. The molecule has 1 atom stereocenters. The Morgan fingerprint density at radius 3 is 2.47 bits per heavy atom. The zero-order chi connectivity index (χ0) is 28.7. The summed E-state index contributed by atoms with van der Waals surface area (Å²) < 4.78 is 18.1. The van der Waals surface area contributed by atoms with Crippen molar-refractivity contribution in [2.24, 2.45) is 17.2 Å². The van der Waals surface area contributed by atoms with Gasteiger partial charge in [-0.3, -0.25) is 15.3 Å². The van der Waals surface area contributed by atoms with Gasteiger partial charge in [-0.2, -0.15) is 4.39 Å². The molecule has 12 heteroatoms. The molecule has 1 unspecified atom stereocenters. The molecule has 208 valence electrons. The SMILES string of the molecule is C=C(/C=C\C)CC(=O)Nc1nnc(CCCC/C(N)=C/C=C(\N)NC(=O)CC(=C)/C=C(\C)OC(C)(N)F)s1. The third kappa shape index (κ3) is 15.4. The number of allylic oxidation sites excluding steroid dienone is 7. The molecule has 0 spiro atoms. The van der Waals surface area contributed by atoms with Gasteiger partial charge in [-0.05, 0) is 62.5 Å². The summed E-state index contributed by atoms with van der Waals surface area (Å²) in [6, 6.07) is 0. The number of hydrogen-bond acceptors (Lipinski definition) is 9. The first-order valence-electron chi connectivity index (χ1n) is 11.9. The molecule has 0 saturated heterocycles. The van der Waals surface area contributed by atoms with E-state index in [1.54, 1.807) is 12.2 Å². The van der Waals surface area contributed by atoms with Crippen LogP contribution in [0.2, 0.25) is 0 Å². The fourth-order valence-corrected chi connectivity index (χ4v) is 3.89. The van der Waals surface area contributed by atoms with Crippen molar-refractivity contribution in [3.63, 3.8) is 0 Å². The van der Waals surface area contributed by atoms with Crippen LogP contribution in [-0.4, -0.2) is 28.0 Å². The van der Waals surface area contributed by atoms with Crippen LogP contribution >= 0.6 is 11.3 Å². The fraction of sp³-hybridized carbons (Fsp3) is 0.385. The van der Waals surface area contributed by atoms with Crippen molar-refractivity contribution in [1.29, 1.82) is 0 Å². The average Bonchev–Trinajstić information content (AvgIpc) is 3.20. The minimum Gasteiger partial charge on any atom is -0.450 e. The molecular weight excluding hydrogens is 509 g/mol. The van der Waals surface area contributed by atoms with Crippen LogP contribution in [-0.2, 0) is 20.7 Å². The van der Waals surface area contributed by atoms with E-state index in [4.69, 9.17) is 21.9 Å². The van der Waals surface area contributed by atoms with Gasteiger partial charge in [-0.15, -0.1) is 10.2 Å². The van der Waals surface area contributed by atoms with Crippen molar-refractivity contribution in [1.82, 2.24) is 15.5 Å². The summed E-state index contributed by atoms with van der Waals surface area (Å²) in [6.45, 7) is 12.0. The number of unbranched alkanes of at least 4 members (excludes halogenated alkanes) is 1. The van der Waals surface area contributed by atoms with E-state index in [9.17, 15) is 14.0 Å². The lowest BCUT2D eigenvalue weighted by Gasteiger charge is -2.17. The van der Waals surface area contributed by atoms with Crippen LogP contribution in [0.3, 0.4) is 0 Å². The molecule has 10 nitrogen and oxygen atoms in total. The Labute approximate surface area is 227 Å². The van der Waals surface area contributed by atoms with Crippen molar-refractivity contribution in [2.75, 3.05) is 5.32 Å². The minimum atomic E-state index is -2.31. The number of ether oxygens (including phenoxy) is 1. The quantitative estimate of drug-likeness (QED) is 0.0681. The number of anilines is 1. The minimum absolute atomic E-state index is 0.0650. The number of hydrogen-bond donors (Lipinski definition) is 5. The summed E-state index contributed by atoms with van der Waals surface area (Å²) in [5.41, 5.74) is 18.7. The standard InChI is InChI=1S/C26H38FN7O3S/c1-6-9-17(2)15-23(36)32-25-34-33-24(38-25)11-8-7-10-20(28)12-13-21(29)31-22(35)16-18(3)14-19(4)37-26(5,27)30/h6,9,12-14H,2-3,7-8,10-11,15-16,28-30H2,1,4-5H3,(H,31,35)(H,32,34,36)/b9-6-,19-14+,20-12-,21-13+. The van der Waals surface area contributed by atoms with Crippen molar-refractivity contribution in [2.45, 2.75) is 65.3 Å². The van der Waals surface area contributed by atoms with Crippen LogP contribution < -0.4 is 27.8 Å². The molecule has 0 aliphatic carbocycles. The Hall–Kier alpha value is -3.77. The monoisotopic (exact) mass is 547 g/mol. The molecule has 38 heavy (non-hydrogen) atoms. The molecule has 1 rings (SSSR count). The Morgan fingerprint density at radius 1 is 1.13 bits per heavy atom. The molecule has 0 aromatic carbocycles. The summed E-state index contributed by atoms with van der Waals surface area (Å²) >= 11 is 1.34. The van der Waals surface area contributed by atoms with E-state index in [2.05, 4.69) is 34.0 Å². The summed E-state index contributed by atoms with van der Waals surface area (Å²) in [5, 5.41) is 14.6. The van der Waals surface area contributed by atoms with Gasteiger partial charge in [0.2, 0.25) is 16.9 Å². The predicted molar refractivity (Wildman–Crippen MR) is 150 cm³/mol. The van der Waals surface area contributed by atoms with E-state index in [0.29, 0.717) is 29.2 Å². The number of carbonyl (C=O) groups is 2. The molecule has 0 aliphatic heterocycles. The topological polar surface area (TPSA) is 171 Å². The lowest BCUT2D eigenvalue weighted by atomic mass is 10.1. The van der Waals surface area contributed by atoms with Gasteiger partial charge in [0.25, 0.3) is 0 Å². The zero-order valence-electron chi connectivity index (χ0n) is 22.2. The van der Waals surface area contributed by atoms with Crippen LogP contribution in [0.1, 0.15) is 57.9 Å². The number of amides is 2. The average molecular weight is 548 g/mol. The number of alkyl halides is 1. The Kier molecular flexibility index (Phi) is 13.7. The normalized spacial score (nSPS) is 14.2. The Bertz CT molecular complexity index is 1110. The maximum Gasteiger partial charge on any atom is 0.301 e. The van der Waals surface area contributed by atoms with Gasteiger partial charge in [0, 0.05) is 19.0 Å². The second-order valence-corrected chi connectivity index (χ2v) is 9.74. The summed E-state index contributed by atoms with van der Waals surface area (Å²) in [6.07, 6.45) is 11.3. The smallest absolute Gasteiger partial charge is 0.301 e. The van der Waals surface area contributed by atoms with E-state index in [1.165, 1.54) is 30.4 Å². The highest BCUT2D eigenvalue weighted by Crippen LogP contribution is 2.19. The molecule has 0 saturated carbocycles. The number of nitrogens with zero attached hydrogens (tertiary/aromatic N) is 2. The van der Waals surface area contributed by atoms with E-state index >= 15 is 0 Å². The molecule has 1 aromatic heterocycles. The van der Waals surface area contributed by atoms with Crippen molar-refractivity contribution < 1.29 is 18.7 Å². The molecule has 1 aromatic rings. The molecule has 8 N–H and O–H groups in total. The predicted octanol–water partition coefficient (Wildman–Crippen LogP) is 3.94. The molecule has 0 fully saturated rings. The van der Waals surface area contributed by atoms with E-state index in [-0.39, 0.29) is 30.3 Å². The Balaban J connectivity index is 2.39. The number of aromatic nitrogens is 2. The van der Waals surface area contributed by atoms with Crippen LogP contribution in [0.25, 0.3) is 0 Å². The number of halogens is 1. The molecule has 0 radical (unpaired) electrons. The lowest BCUT2D eigenvalue weighted by molar-refractivity contribution is -0.119. The maximum atomic E-state index is 13.3. The molecule has 1 heterocycles. The van der Waals surface area contributed by atoms with Crippen molar-refractivity contribution in [3.8, 4) is 0 Å². The number of rotatable bonds is 16. The summed E-state index contributed by atoms with van der Waals surface area (Å²) in [7, 11) is 0.